The molecule has 332 valence electrons. The lowest BCUT2D eigenvalue weighted by Gasteiger charge is -2.20. The van der Waals surface area contributed by atoms with E-state index in [2.05, 4.69) is 41.9 Å². The Kier molecular flexibility index (Phi) is 29.7. The second-order valence-electron chi connectivity index (χ2n) is 13.4. The Labute approximate surface area is 368 Å². The molecule has 4 saturated heterocycles. The smallest absolute Gasteiger partial charge is 0.407 e. The van der Waals surface area contributed by atoms with Gasteiger partial charge in [-0.1, -0.05) is 51.2 Å². The summed E-state index contributed by atoms with van der Waals surface area (Å²) >= 11 is 9.48. The van der Waals surface area contributed by atoms with Crippen LogP contribution in [0.1, 0.15) is 41.5 Å². The third-order valence-corrected chi connectivity index (χ3v) is 10.7. The van der Waals surface area contributed by atoms with Crippen LogP contribution in [0.5, 0.6) is 0 Å². The molecule has 0 spiro atoms. The number of rotatable bonds is 12. The van der Waals surface area contributed by atoms with Crippen LogP contribution in [0.3, 0.4) is 0 Å². The molecule has 0 bridgehead atoms. The molecule has 4 heterocycles. The van der Waals surface area contributed by atoms with E-state index in [1.165, 1.54) is 47.0 Å². The summed E-state index contributed by atoms with van der Waals surface area (Å²) in [6.45, 7) is 15.8. The number of thioether (sulfide) groups is 5. The molecular weight excluding hydrogens is 929 g/mol. The molecule has 4 aliphatic heterocycles. The van der Waals surface area contributed by atoms with Crippen molar-refractivity contribution >= 4 is 126 Å². The number of carboxylic acids is 1. The van der Waals surface area contributed by atoms with Gasteiger partial charge < -0.3 is 50.4 Å². The minimum atomic E-state index is -0.928. The molecule has 4 rings (SSSR count). The van der Waals surface area contributed by atoms with Gasteiger partial charge in [0.25, 0.3) is 15.7 Å². The van der Waals surface area contributed by atoms with Crippen LogP contribution in [0.4, 0.5) is 24.0 Å². The number of halogens is 1. The first kappa shape index (κ1) is 55.3. The Hall–Kier alpha value is -2.74. The summed E-state index contributed by atoms with van der Waals surface area (Å²) in [7, 11) is 0. The first-order valence-electron chi connectivity index (χ1n) is 17.7. The van der Waals surface area contributed by atoms with Gasteiger partial charge >= 0.3 is 30.1 Å². The standard InChI is InChI=1S/C10H18N2O3S.C9H14N2O4S2.C7H14BrNO2.C4H4O3S.C3H5NOS/c1-10(2,3)15-8(13)11-4-5-12-6-7-16-9(12)14;12-7(5-16-6-8(13)14)10-1-2-11-3-4-17-9(11)15;1-7(2,3)11-6(10)9-5-4-8;5-3-1-8-2-4(6)7-3;5-3-4-1-2-6-3/h4-7H2,1-3H3,(H,11,13);1-6H2,(H,10,12)(H,13,14);4-5H2,1-3H3,(H,9,10);1-2H2;1-2H2,(H,4,5). The molecule has 0 unspecified atom stereocenters. The molecule has 4 aliphatic rings. The maximum atomic E-state index is 11.3. The number of cyclic esters (lactones) is 2. The third kappa shape index (κ3) is 33.1. The SMILES string of the molecule is CC(C)(C)OC(=O)NCCBr.CC(C)(C)OC(=O)NCCN1CCSC1=O.O=C(O)CSCC(=O)NCCN1CCSC1=O.O=C1CSCC(=O)O1.O=C1NCCS1. The second kappa shape index (κ2) is 31.2. The van der Waals surface area contributed by atoms with Crippen molar-refractivity contribution in [2.24, 2.45) is 0 Å². The van der Waals surface area contributed by atoms with Crippen LogP contribution in [-0.4, -0.2) is 176 Å². The molecule has 0 aromatic rings. The van der Waals surface area contributed by atoms with Gasteiger partial charge in [-0.25, -0.2) is 9.59 Å². The topological polar surface area (TPSA) is 256 Å². The molecule has 0 radical (unpaired) electrons. The van der Waals surface area contributed by atoms with Gasteiger partial charge in [-0.15, -0.1) is 23.5 Å². The largest absolute Gasteiger partial charge is 0.481 e. The van der Waals surface area contributed by atoms with Crippen LogP contribution in [-0.2, 0) is 33.4 Å². The van der Waals surface area contributed by atoms with Crippen LogP contribution < -0.4 is 21.3 Å². The van der Waals surface area contributed by atoms with Crippen molar-refractivity contribution in [2.75, 3.05) is 98.0 Å². The van der Waals surface area contributed by atoms with Gasteiger partial charge in [-0.3, -0.25) is 33.6 Å². The molecular formula is C33H55BrN6O13S5. The number of nitrogens with one attached hydrogen (secondary N) is 4. The van der Waals surface area contributed by atoms with Crippen molar-refractivity contribution < 1.29 is 62.5 Å². The normalized spacial score (nSPS) is 16.0. The average Bonchev–Trinajstić information content (AvgIpc) is 3.86. The number of carboxylic acid groups (broad SMARTS) is 1. The van der Waals surface area contributed by atoms with Crippen LogP contribution in [0.15, 0.2) is 0 Å². The number of carbonyl (C=O) groups is 9. The molecule has 0 atom stereocenters. The first-order chi connectivity index (χ1) is 27.1. The fraction of sp³-hybridized carbons (Fsp3) is 0.727. The zero-order valence-corrected chi connectivity index (χ0v) is 39.1. The summed E-state index contributed by atoms with van der Waals surface area (Å²) in [5.41, 5.74) is -0.889. The quantitative estimate of drug-likeness (QED) is 0.0804. The average molecular weight is 984 g/mol. The number of hydrogen-bond donors (Lipinski definition) is 5. The van der Waals surface area contributed by atoms with Crippen LogP contribution in [0.25, 0.3) is 0 Å². The number of alkyl halides is 1. The predicted molar refractivity (Wildman–Crippen MR) is 233 cm³/mol. The summed E-state index contributed by atoms with van der Waals surface area (Å²) in [4.78, 5) is 99.9. The number of carbonyl (C=O) groups excluding carboxylic acids is 8. The van der Waals surface area contributed by atoms with E-state index in [0.29, 0.717) is 44.2 Å². The van der Waals surface area contributed by atoms with Gasteiger partial charge in [0.15, 0.2) is 0 Å². The van der Waals surface area contributed by atoms with Crippen molar-refractivity contribution in [3.8, 4) is 0 Å². The van der Waals surface area contributed by atoms with Crippen LogP contribution >= 0.6 is 74.7 Å². The maximum Gasteiger partial charge on any atom is 0.407 e. The molecule has 25 heteroatoms. The van der Waals surface area contributed by atoms with Gasteiger partial charge in [0.2, 0.25) is 5.91 Å². The van der Waals surface area contributed by atoms with E-state index in [9.17, 15) is 43.2 Å². The van der Waals surface area contributed by atoms with E-state index >= 15 is 0 Å². The van der Waals surface area contributed by atoms with E-state index in [4.69, 9.17) is 14.6 Å². The minimum Gasteiger partial charge on any atom is -0.481 e. The van der Waals surface area contributed by atoms with Crippen molar-refractivity contribution in [1.29, 1.82) is 0 Å². The van der Waals surface area contributed by atoms with E-state index in [1.54, 1.807) is 9.80 Å². The van der Waals surface area contributed by atoms with Gasteiger partial charge in [0, 0.05) is 74.9 Å². The summed E-state index contributed by atoms with van der Waals surface area (Å²) in [5, 5.41) is 19.9. The fourth-order valence-electron chi connectivity index (χ4n) is 3.69. The van der Waals surface area contributed by atoms with E-state index in [0.717, 1.165) is 54.0 Å². The third-order valence-electron chi connectivity index (χ3n) is 5.94. The van der Waals surface area contributed by atoms with Gasteiger partial charge in [-0.2, -0.15) is 0 Å². The summed E-state index contributed by atoms with van der Waals surface area (Å²) < 4.78 is 14.2. The Balaban J connectivity index is 0.000000732. The fourth-order valence-corrected chi connectivity index (χ4v) is 7.30. The Morgan fingerprint density at radius 3 is 1.57 bits per heavy atom. The molecule has 19 nitrogen and oxygen atoms in total. The number of alkyl carbamates (subject to hydrolysis) is 2. The Bertz CT molecular complexity index is 1350. The lowest BCUT2D eigenvalue weighted by Crippen LogP contribution is -2.38. The Morgan fingerprint density at radius 1 is 0.759 bits per heavy atom. The lowest BCUT2D eigenvalue weighted by molar-refractivity contribution is -0.156. The highest BCUT2D eigenvalue weighted by Crippen LogP contribution is 2.17. The van der Waals surface area contributed by atoms with Crippen molar-refractivity contribution in [3.63, 3.8) is 0 Å². The first-order valence-corrected chi connectivity index (χ1v) is 24.1. The zero-order chi connectivity index (χ0) is 44.1. The highest BCUT2D eigenvalue weighted by atomic mass is 79.9. The number of hydrogen-bond acceptors (Lipinski definition) is 17. The highest BCUT2D eigenvalue weighted by Gasteiger charge is 2.22. The summed E-state index contributed by atoms with van der Waals surface area (Å²) in [6, 6.07) is 0. The minimum absolute atomic E-state index is 0.0551. The second-order valence-corrected chi connectivity index (χ2v) is 19.3. The molecule has 4 fully saturated rings. The highest BCUT2D eigenvalue weighted by molar-refractivity contribution is 9.09. The molecule has 5 N–H and O–H groups in total. The lowest BCUT2D eigenvalue weighted by atomic mass is 10.2. The van der Waals surface area contributed by atoms with Gasteiger partial charge in [-0.05, 0) is 41.5 Å². The van der Waals surface area contributed by atoms with Crippen molar-refractivity contribution in [1.82, 2.24) is 31.1 Å². The molecule has 58 heavy (non-hydrogen) atoms. The molecule has 6 amide bonds. The number of esters is 2. The maximum absolute atomic E-state index is 11.3. The number of aliphatic carboxylic acids is 1. The molecule has 0 aromatic carbocycles. The Morgan fingerprint density at radius 2 is 1.24 bits per heavy atom. The zero-order valence-electron chi connectivity index (χ0n) is 33.5. The molecule has 0 aliphatic carbocycles. The van der Waals surface area contributed by atoms with Crippen LogP contribution in [0, 0.1) is 0 Å². The van der Waals surface area contributed by atoms with Crippen molar-refractivity contribution in [2.45, 2.75) is 52.7 Å². The van der Waals surface area contributed by atoms with Crippen LogP contribution in [0.2, 0.25) is 0 Å². The van der Waals surface area contributed by atoms with Crippen molar-refractivity contribution in [3.05, 3.63) is 0 Å². The van der Waals surface area contributed by atoms with E-state index in [1.807, 2.05) is 41.5 Å². The monoisotopic (exact) mass is 982 g/mol. The van der Waals surface area contributed by atoms with E-state index < -0.39 is 35.2 Å². The van der Waals surface area contributed by atoms with Gasteiger partial charge in [0.1, 0.15) is 11.2 Å². The number of ether oxygens (including phenoxy) is 3. The predicted octanol–water partition coefficient (Wildman–Crippen LogP) is 3.92. The summed E-state index contributed by atoms with van der Waals surface area (Å²) in [5.74, 6) is 1.29. The molecule has 0 aromatic heterocycles. The number of amides is 6. The summed E-state index contributed by atoms with van der Waals surface area (Å²) in [6.07, 6.45) is -0.802. The van der Waals surface area contributed by atoms with Gasteiger partial charge in [0.05, 0.1) is 23.0 Å². The number of nitrogens with zero attached hydrogens (tertiary/aromatic N) is 2. The molecule has 0 saturated carbocycles. The van der Waals surface area contributed by atoms with E-state index in [-0.39, 0.29) is 39.2 Å².